The fourth-order valence-corrected chi connectivity index (χ4v) is 6.47. The van der Waals surface area contributed by atoms with Crippen LogP contribution in [0.15, 0.2) is 48.5 Å². The van der Waals surface area contributed by atoms with Crippen LogP contribution in [-0.4, -0.2) is 71.0 Å². The second kappa shape index (κ2) is 9.20. The van der Waals surface area contributed by atoms with E-state index in [1.165, 1.54) is 16.7 Å². The van der Waals surface area contributed by atoms with Gasteiger partial charge in [0.2, 0.25) is 5.91 Å². The van der Waals surface area contributed by atoms with Gasteiger partial charge in [-0.1, -0.05) is 48.5 Å². The molecule has 8 nitrogen and oxygen atoms in total. The summed E-state index contributed by atoms with van der Waals surface area (Å²) in [5, 5.41) is 12.1. The molecule has 9 heteroatoms. The van der Waals surface area contributed by atoms with Gasteiger partial charge in [-0.3, -0.25) is 4.79 Å². The second-order valence-corrected chi connectivity index (χ2v) is 10.8. The molecule has 2 aliphatic heterocycles. The summed E-state index contributed by atoms with van der Waals surface area (Å²) in [6.45, 7) is 3.95. The molecule has 2 saturated heterocycles. The average molecular weight is 497 g/mol. The maximum absolute atomic E-state index is 13.5. The molecule has 0 saturated carbocycles. The number of alkyl carbamates (subject to hydrolysis) is 1. The van der Waals surface area contributed by atoms with Crippen molar-refractivity contribution in [1.82, 2.24) is 10.2 Å². The third kappa shape index (κ3) is 4.06. The zero-order valence-corrected chi connectivity index (χ0v) is 20.4. The molecule has 0 bridgehead atoms. The number of benzene rings is 2. The van der Waals surface area contributed by atoms with Crippen LogP contribution in [0.4, 0.5) is 4.79 Å². The molecule has 2 amide bonds. The standard InChI is InChI=1S/C26H28N2O6S/c1-15-28(21(13-35-15)23(29)30)24(31)26(2)14-33-12-22(26)27-25(32)34-11-20-18-9-5-3-7-16(18)17-8-4-6-10-19(17)20/h3-10,15,20-22H,11-14H2,1-2H3,(H,27,32)(H,29,30). The lowest BCUT2D eigenvalue weighted by atomic mass is 9.83. The van der Waals surface area contributed by atoms with Crippen molar-refractivity contribution in [3.05, 3.63) is 59.7 Å². The quantitative estimate of drug-likeness (QED) is 0.654. The van der Waals surface area contributed by atoms with Crippen molar-refractivity contribution in [2.75, 3.05) is 25.6 Å². The monoisotopic (exact) mass is 496 g/mol. The number of carboxylic acid groups (broad SMARTS) is 1. The van der Waals surface area contributed by atoms with Gasteiger partial charge in [0, 0.05) is 11.7 Å². The number of thioether (sulfide) groups is 1. The number of rotatable bonds is 5. The predicted molar refractivity (Wildman–Crippen MR) is 131 cm³/mol. The van der Waals surface area contributed by atoms with Gasteiger partial charge < -0.3 is 24.8 Å². The second-order valence-electron chi connectivity index (χ2n) is 9.45. The highest BCUT2D eigenvalue weighted by Crippen LogP contribution is 2.44. The van der Waals surface area contributed by atoms with Gasteiger partial charge in [0.1, 0.15) is 12.6 Å². The molecule has 2 aromatic carbocycles. The number of carboxylic acids is 1. The van der Waals surface area contributed by atoms with Gasteiger partial charge >= 0.3 is 12.1 Å². The normalized spacial score (nSPS) is 27.4. The molecule has 0 spiro atoms. The van der Waals surface area contributed by atoms with Crippen molar-refractivity contribution in [3.8, 4) is 11.1 Å². The first-order valence-electron chi connectivity index (χ1n) is 11.7. The molecule has 4 atom stereocenters. The largest absolute Gasteiger partial charge is 0.480 e. The number of carbonyl (C=O) groups is 3. The minimum absolute atomic E-state index is 0.0696. The third-order valence-electron chi connectivity index (χ3n) is 7.32. The van der Waals surface area contributed by atoms with Crippen molar-refractivity contribution in [1.29, 1.82) is 0 Å². The van der Waals surface area contributed by atoms with Crippen LogP contribution in [0, 0.1) is 5.41 Å². The van der Waals surface area contributed by atoms with Crippen molar-refractivity contribution >= 4 is 29.7 Å². The van der Waals surface area contributed by atoms with Crippen LogP contribution in [0.1, 0.15) is 30.9 Å². The van der Waals surface area contributed by atoms with Crippen LogP contribution < -0.4 is 5.32 Å². The lowest BCUT2D eigenvalue weighted by molar-refractivity contribution is -0.154. The zero-order chi connectivity index (χ0) is 24.7. The number of carbonyl (C=O) groups excluding carboxylic acids is 2. The molecule has 5 rings (SSSR count). The van der Waals surface area contributed by atoms with Crippen LogP contribution in [-0.2, 0) is 19.1 Å². The number of aliphatic carboxylic acids is 1. The van der Waals surface area contributed by atoms with E-state index < -0.39 is 29.6 Å². The van der Waals surface area contributed by atoms with Crippen LogP contribution in [0.25, 0.3) is 11.1 Å². The maximum Gasteiger partial charge on any atom is 0.407 e. The molecule has 0 aromatic heterocycles. The Morgan fingerprint density at radius 2 is 1.77 bits per heavy atom. The average Bonchev–Trinajstić information content (AvgIpc) is 3.51. The van der Waals surface area contributed by atoms with E-state index in [-0.39, 0.29) is 37.0 Å². The molecule has 1 aliphatic carbocycles. The van der Waals surface area contributed by atoms with E-state index >= 15 is 0 Å². The third-order valence-corrected chi connectivity index (χ3v) is 8.54. The van der Waals surface area contributed by atoms with E-state index in [1.807, 2.05) is 31.2 Å². The molecular weight excluding hydrogens is 468 g/mol. The van der Waals surface area contributed by atoms with E-state index in [4.69, 9.17) is 9.47 Å². The summed E-state index contributed by atoms with van der Waals surface area (Å²) in [7, 11) is 0. The summed E-state index contributed by atoms with van der Waals surface area (Å²) in [6, 6.07) is 14.7. The van der Waals surface area contributed by atoms with Gasteiger partial charge in [0.05, 0.1) is 30.0 Å². The number of fused-ring (bicyclic) bond motifs is 3. The first-order chi connectivity index (χ1) is 16.8. The van der Waals surface area contributed by atoms with E-state index in [9.17, 15) is 19.5 Å². The topological polar surface area (TPSA) is 105 Å². The Morgan fingerprint density at radius 3 is 2.40 bits per heavy atom. The van der Waals surface area contributed by atoms with Crippen LogP contribution in [0.5, 0.6) is 0 Å². The maximum atomic E-state index is 13.5. The highest BCUT2D eigenvalue weighted by atomic mass is 32.2. The summed E-state index contributed by atoms with van der Waals surface area (Å²) >= 11 is 1.43. The molecule has 2 fully saturated rings. The molecular formula is C26H28N2O6S. The van der Waals surface area contributed by atoms with Gasteiger partial charge in [-0.15, -0.1) is 11.8 Å². The minimum atomic E-state index is -1.08. The zero-order valence-electron chi connectivity index (χ0n) is 19.6. The lowest BCUT2D eigenvalue weighted by Crippen LogP contribution is -2.58. The molecule has 0 radical (unpaired) electrons. The molecule has 2 aromatic rings. The fourth-order valence-electron chi connectivity index (χ4n) is 5.30. The summed E-state index contributed by atoms with van der Waals surface area (Å²) in [5.74, 6) is -1.09. The van der Waals surface area contributed by atoms with Crippen molar-refractivity contribution < 1.29 is 29.0 Å². The Hall–Kier alpha value is -3.04. The summed E-state index contributed by atoms with van der Waals surface area (Å²) in [5.41, 5.74) is 3.44. The van der Waals surface area contributed by atoms with Gasteiger partial charge in [-0.05, 0) is 36.1 Å². The SMILES string of the molecule is CC1SCC(C(=O)O)N1C(=O)C1(C)COCC1NC(=O)OCC1c2ccccc2-c2ccccc21. The summed E-state index contributed by atoms with van der Waals surface area (Å²) in [6.07, 6.45) is -0.625. The Balaban J connectivity index is 1.27. The lowest BCUT2D eigenvalue weighted by Gasteiger charge is -2.36. The number of hydrogen-bond acceptors (Lipinski definition) is 6. The Morgan fingerprint density at radius 1 is 1.14 bits per heavy atom. The van der Waals surface area contributed by atoms with Crippen molar-refractivity contribution in [2.45, 2.75) is 37.2 Å². The smallest absolute Gasteiger partial charge is 0.407 e. The van der Waals surface area contributed by atoms with Crippen molar-refractivity contribution in [2.24, 2.45) is 5.41 Å². The van der Waals surface area contributed by atoms with Crippen molar-refractivity contribution in [3.63, 3.8) is 0 Å². The molecule has 2 heterocycles. The van der Waals surface area contributed by atoms with Gasteiger partial charge in [0.25, 0.3) is 0 Å². The molecule has 35 heavy (non-hydrogen) atoms. The van der Waals surface area contributed by atoms with Gasteiger partial charge in [-0.25, -0.2) is 9.59 Å². The van der Waals surface area contributed by atoms with E-state index in [0.29, 0.717) is 5.75 Å². The van der Waals surface area contributed by atoms with E-state index in [0.717, 1.165) is 22.3 Å². The first kappa shape index (κ1) is 23.7. The van der Waals surface area contributed by atoms with Crippen LogP contribution >= 0.6 is 11.8 Å². The van der Waals surface area contributed by atoms with Crippen LogP contribution in [0.2, 0.25) is 0 Å². The number of nitrogens with zero attached hydrogens (tertiary/aromatic N) is 1. The van der Waals surface area contributed by atoms with Gasteiger partial charge in [0.15, 0.2) is 0 Å². The minimum Gasteiger partial charge on any atom is -0.480 e. The Kier molecular flexibility index (Phi) is 6.23. The fraction of sp³-hybridized carbons (Fsp3) is 0.423. The van der Waals surface area contributed by atoms with Crippen LogP contribution in [0.3, 0.4) is 0 Å². The van der Waals surface area contributed by atoms with Gasteiger partial charge in [-0.2, -0.15) is 0 Å². The molecule has 3 aliphatic rings. The number of ether oxygens (including phenoxy) is 2. The Bertz CT molecular complexity index is 1130. The van der Waals surface area contributed by atoms with E-state index in [2.05, 4.69) is 29.6 Å². The molecule has 2 N–H and O–H groups in total. The number of nitrogens with one attached hydrogen (secondary N) is 1. The highest BCUT2D eigenvalue weighted by Gasteiger charge is 2.53. The number of hydrogen-bond donors (Lipinski definition) is 2. The summed E-state index contributed by atoms with van der Waals surface area (Å²) in [4.78, 5) is 39.5. The summed E-state index contributed by atoms with van der Waals surface area (Å²) < 4.78 is 11.2. The molecule has 4 unspecified atom stereocenters. The Labute approximate surface area is 208 Å². The highest BCUT2D eigenvalue weighted by molar-refractivity contribution is 8.00. The number of amides is 2. The van der Waals surface area contributed by atoms with E-state index in [1.54, 1.807) is 6.92 Å². The predicted octanol–water partition coefficient (Wildman–Crippen LogP) is 3.30. The molecule has 184 valence electrons. The first-order valence-corrected chi connectivity index (χ1v) is 12.7.